The van der Waals surface area contributed by atoms with Crippen LogP contribution in [-0.2, 0) is 13.0 Å². The number of hydrogen-bond donors (Lipinski definition) is 2. The molecule has 0 amide bonds. The molecule has 7 heteroatoms. The van der Waals surface area contributed by atoms with Crippen LogP contribution in [0.3, 0.4) is 0 Å². The monoisotopic (exact) mass is 361 g/mol. The fraction of sp³-hybridized carbons (Fsp3) is 0.333. The van der Waals surface area contributed by atoms with Gasteiger partial charge in [0.25, 0.3) is 5.69 Å². The molecule has 0 radical (unpaired) electrons. The number of hydrogen-bond acceptors (Lipinski definition) is 5. The SMILES string of the molecule is O=[N+]([O-])c1ccc(NCC(O)CN2CCc3ccccc3C2)c(Cl)c1. The molecular formula is C18H20ClN3O3. The molecule has 6 nitrogen and oxygen atoms in total. The van der Waals surface area contributed by atoms with E-state index in [-0.39, 0.29) is 10.7 Å². The van der Waals surface area contributed by atoms with E-state index in [2.05, 4.69) is 28.4 Å². The van der Waals surface area contributed by atoms with Crippen LogP contribution in [0, 0.1) is 10.1 Å². The lowest BCUT2D eigenvalue weighted by atomic mass is 10.00. The van der Waals surface area contributed by atoms with E-state index in [4.69, 9.17) is 11.6 Å². The normalized spacial score (nSPS) is 15.4. The Kier molecular flexibility index (Phi) is 5.53. The zero-order valence-corrected chi connectivity index (χ0v) is 14.4. The third-order valence-electron chi connectivity index (χ3n) is 4.37. The zero-order valence-electron chi connectivity index (χ0n) is 13.7. The first-order valence-electron chi connectivity index (χ1n) is 8.18. The van der Waals surface area contributed by atoms with Gasteiger partial charge in [0.05, 0.1) is 21.7 Å². The van der Waals surface area contributed by atoms with Crippen molar-refractivity contribution in [3.8, 4) is 0 Å². The predicted octanol–water partition coefficient (Wildman–Crippen LogP) is 3.08. The van der Waals surface area contributed by atoms with Crippen LogP contribution in [0.5, 0.6) is 0 Å². The summed E-state index contributed by atoms with van der Waals surface area (Å²) in [5.74, 6) is 0. The van der Waals surface area contributed by atoms with Crippen LogP contribution in [0.25, 0.3) is 0 Å². The van der Waals surface area contributed by atoms with Gasteiger partial charge in [-0.15, -0.1) is 0 Å². The van der Waals surface area contributed by atoms with Crippen molar-refractivity contribution in [1.29, 1.82) is 0 Å². The van der Waals surface area contributed by atoms with E-state index in [1.54, 1.807) is 6.07 Å². The lowest BCUT2D eigenvalue weighted by molar-refractivity contribution is -0.384. The second-order valence-electron chi connectivity index (χ2n) is 6.21. The van der Waals surface area contributed by atoms with Crippen LogP contribution >= 0.6 is 11.6 Å². The molecule has 0 fully saturated rings. The maximum atomic E-state index is 10.7. The van der Waals surface area contributed by atoms with Crippen LogP contribution in [0.4, 0.5) is 11.4 Å². The molecule has 1 aliphatic heterocycles. The molecule has 0 bridgehead atoms. The van der Waals surface area contributed by atoms with Gasteiger partial charge < -0.3 is 10.4 Å². The first-order chi connectivity index (χ1) is 12.0. The smallest absolute Gasteiger partial charge is 0.271 e. The molecule has 25 heavy (non-hydrogen) atoms. The highest BCUT2D eigenvalue weighted by molar-refractivity contribution is 6.33. The van der Waals surface area contributed by atoms with Gasteiger partial charge in [0, 0.05) is 38.3 Å². The van der Waals surface area contributed by atoms with Gasteiger partial charge >= 0.3 is 0 Å². The Balaban J connectivity index is 1.52. The van der Waals surface area contributed by atoms with Crippen molar-refractivity contribution in [2.75, 3.05) is 25.0 Å². The fourth-order valence-corrected chi connectivity index (χ4v) is 3.30. The first-order valence-corrected chi connectivity index (χ1v) is 8.56. The molecule has 0 spiro atoms. The molecule has 0 saturated heterocycles. The number of non-ortho nitro benzene ring substituents is 1. The van der Waals surface area contributed by atoms with E-state index in [1.807, 2.05) is 6.07 Å². The number of halogens is 1. The number of aliphatic hydroxyl groups is 1. The molecule has 0 saturated carbocycles. The maximum Gasteiger partial charge on any atom is 0.271 e. The number of aliphatic hydroxyl groups excluding tert-OH is 1. The molecular weight excluding hydrogens is 342 g/mol. The topological polar surface area (TPSA) is 78.6 Å². The Morgan fingerprint density at radius 1 is 1.28 bits per heavy atom. The average molecular weight is 362 g/mol. The number of rotatable bonds is 6. The highest BCUT2D eigenvalue weighted by atomic mass is 35.5. The number of anilines is 1. The fourth-order valence-electron chi connectivity index (χ4n) is 3.06. The highest BCUT2D eigenvalue weighted by Crippen LogP contribution is 2.26. The lowest BCUT2D eigenvalue weighted by Crippen LogP contribution is -2.39. The molecule has 0 aliphatic carbocycles. The van der Waals surface area contributed by atoms with Crippen molar-refractivity contribution in [3.63, 3.8) is 0 Å². The second kappa shape index (κ2) is 7.82. The number of benzene rings is 2. The van der Waals surface area contributed by atoms with Crippen molar-refractivity contribution in [3.05, 3.63) is 68.7 Å². The van der Waals surface area contributed by atoms with Gasteiger partial charge in [0.15, 0.2) is 0 Å². The van der Waals surface area contributed by atoms with Crippen LogP contribution in [0.15, 0.2) is 42.5 Å². The molecule has 2 aromatic carbocycles. The van der Waals surface area contributed by atoms with Gasteiger partial charge in [-0.1, -0.05) is 35.9 Å². The summed E-state index contributed by atoms with van der Waals surface area (Å²) in [6.07, 6.45) is 0.432. The number of nitro groups is 1. The van der Waals surface area contributed by atoms with Gasteiger partial charge in [-0.3, -0.25) is 15.0 Å². The summed E-state index contributed by atoms with van der Waals surface area (Å²) in [5.41, 5.74) is 3.22. The highest BCUT2D eigenvalue weighted by Gasteiger charge is 2.18. The molecule has 1 heterocycles. The summed E-state index contributed by atoms with van der Waals surface area (Å²) in [6, 6.07) is 12.6. The number of nitrogens with one attached hydrogen (secondary N) is 1. The van der Waals surface area contributed by atoms with Crippen LogP contribution in [0.1, 0.15) is 11.1 Å². The van der Waals surface area contributed by atoms with E-state index in [0.29, 0.717) is 18.8 Å². The van der Waals surface area contributed by atoms with E-state index in [9.17, 15) is 15.2 Å². The Morgan fingerprint density at radius 3 is 2.76 bits per heavy atom. The molecule has 2 aromatic rings. The van der Waals surface area contributed by atoms with Gasteiger partial charge in [0.2, 0.25) is 0 Å². The first kappa shape index (κ1) is 17.7. The minimum atomic E-state index is -0.559. The van der Waals surface area contributed by atoms with Crippen LogP contribution in [-0.4, -0.2) is 40.7 Å². The summed E-state index contributed by atoms with van der Waals surface area (Å²) >= 11 is 6.05. The lowest BCUT2D eigenvalue weighted by Gasteiger charge is -2.30. The Labute approximate surface area is 151 Å². The van der Waals surface area contributed by atoms with E-state index in [1.165, 1.54) is 23.3 Å². The molecule has 1 aliphatic rings. The van der Waals surface area contributed by atoms with Gasteiger partial charge in [-0.25, -0.2) is 0 Å². The largest absolute Gasteiger partial charge is 0.390 e. The summed E-state index contributed by atoms with van der Waals surface area (Å²) in [4.78, 5) is 12.5. The van der Waals surface area contributed by atoms with Crippen LogP contribution in [0.2, 0.25) is 5.02 Å². The van der Waals surface area contributed by atoms with Gasteiger partial charge in [0.1, 0.15) is 0 Å². The van der Waals surface area contributed by atoms with E-state index in [0.717, 1.165) is 19.5 Å². The summed E-state index contributed by atoms with van der Waals surface area (Å²) in [6.45, 7) is 2.65. The number of fused-ring (bicyclic) bond motifs is 1. The van der Waals surface area contributed by atoms with Crippen molar-refractivity contribution in [1.82, 2.24) is 4.90 Å². The van der Waals surface area contributed by atoms with Crippen LogP contribution < -0.4 is 5.32 Å². The van der Waals surface area contributed by atoms with Crippen molar-refractivity contribution < 1.29 is 10.0 Å². The minimum absolute atomic E-state index is 0.0527. The van der Waals surface area contributed by atoms with Gasteiger partial charge in [-0.2, -0.15) is 0 Å². The zero-order chi connectivity index (χ0) is 17.8. The summed E-state index contributed by atoms with van der Waals surface area (Å²) < 4.78 is 0. The average Bonchev–Trinajstić information content (AvgIpc) is 2.60. The third-order valence-corrected chi connectivity index (χ3v) is 4.68. The van der Waals surface area contributed by atoms with Gasteiger partial charge in [-0.05, 0) is 23.6 Å². The number of β-amino-alcohol motifs (C(OH)–C–C–N with tert-alkyl or cyclic N) is 1. The Hall–Kier alpha value is -2.15. The molecule has 1 unspecified atom stereocenters. The molecule has 132 valence electrons. The predicted molar refractivity (Wildman–Crippen MR) is 98.0 cm³/mol. The van der Waals surface area contributed by atoms with Crippen molar-refractivity contribution >= 4 is 23.0 Å². The maximum absolute atomic E-state index is 10.7. The van der Waals surface area contributed by atoms with E-state index >= 15 is 0 Å². The van der Waals surface area contributed by atoms with Crippen molar-refractivity contribution in [2.45, 2.75) is 19.1 Å². The van der Waals surface area contributed by atoms with Crippen molar-refractivity contribution in [2.24, 2.45) is 0 Å². The Morgan fingerprint density at radius 2 is 2.04 bits per heavy atom. The number of nitro benzene ring substituents is 1. The molecule has 0 aromatic heterocycles. The molecule has 1 atom stereocenters. The molecule has 3 rings (SSSR count). The second-order valence-corrected chi connectivity index (χ2v) is 6.62. The quantitative estimate of drug-likeness (QED) is 0.610. The minimum Gasteiger partial charge on any atom is -0.390 e. The Bertz CT molecular complexity index is 769. The summed E-state index contributed by atoms with van der Waals surface area (Å²) in [7, 11) is 0. The summed E-state index contributed by atoms with van der Waals surface area (Å²) in [5, 5.41) is 24.3. The molecule has 2 N–H and O–H groups in total. The third kappa shape index (κ3) is 4.48. The van der Waals surface area contributed by atoms with E-state index < -0.39 is 11.0 Å². The standard InChI is InChI=1S/C18H20ClN3O3/c19-17-9-15(22(24)25)5-6-18(17)20-10-16(23)12-21-8-7-13-3-1-2-4-14(13)11-21/h1-6,9,16,20,23H,7-8,10-12H2. The number of nitrogens with zero attached hydrogens (tertiary/aromatic N) is 2.